The Kier molecular flexibility index (Phi) is 6.89. The van der Waals surface area contributed by atoms with Gasteiger partial charge in [0.15, 0.2) is 0 Å². The fraction of sp³-hybridized carbons (Fsp3) is 0.615. The summed E-state index contributed by atoms with van der Waals surface area (Å²) >= 11 is 1.82. The second-order valence-electron chi connectivity index (χ2n) is 4.17. The molecule has 0 aliphatic carbocycles. The first kappa shape index (κ1) is 14.2. The number of thiophene rings is 1. The summed E-state index contributed by atoms with van der Waals surface area (Å²) in [7, 11) is 1.92. The van der Waals surface area contributed by atoms with E-state index in [0.717, 1.165) is 32.4 Å². The third kappa shape index (κ3) is 6.44. The van der Waals surface area contributed by atoms with Gasteiger partial charge in [0.25, 0.3) is 0 Å². The first-order chi connectivity index (χ1) is 8.22. The summed E-state index contributed by atoms with van der Waals surface area (Å²) < 4.78 is 0. The van der Waals surface area contributed by atoms with Gasteiger partial charge in [0.1, 0.15) is 0 Å². The molecule has 1 aromatic rings. The zero-order valence-corrected chi connectivity index (χ0v) is 11.5. The molecule has 0 fully saturated rings. The van der Waals surface area contributed by atoms with E-state index >= 15 is 0 Å². The molecule has 1 aromatic heterocycles. The monoisotopic (exact) mass is 254 g/mol. The summed E-state index contributed by atoms with van der Waals surface area (Å²) in [6.07, 6.45) is 3.59. The summed E-state index contributed by atoms with van der Waals surface area (Å²) in [6.45, 7) is 3.84. The topological polar surface area (TPSA) is 41.1 Å². The van der Waals surface area contributed by atoms with Gasteiger partial charge in [-0.3, -0.25) is 4.79 Å². The van der Waals surface area contributed by atoms with Gasteiger partial charge in [0, 0.05) is 22.7 Å². The molecule has 17 heavy (non-hydrogen) atoms. The van der Waals surface area contributed by atoms with Gasteiger partial charge in [-0.25, -0.2) is 0 Å². The molecule has 0 spiro atoms. The highest BCUT2D eigenvalue weighted by Gasteiger charge is 2.02. The van der Waals surface area contributed by atoms with Gasteiger partial charge < -0.3 is 10.6 Å². The molecule has 2 N–H and O–H groups in total. The predicted molar refractivity (Wildman–Crippen MR) is 73.5 cm³/mol. The lowest BCUT2D eigenvalue weighted by atomic mass is 10.2. The first-order valence-corrected chi connectivity index (χ1v) is 7.00. The van der Waals surface area contributed by atoms with E-state index in [4.69, 9.17) is 0 Å². The fourth-order valence-corrected chi connectivity index (χ4v) is 2.56. The van der Waals surface area contributed by atoms with Crippen molar-refractivity contribution < 1.29 is 4.79 Å². The van der Waals surface area contributed by atoms with Crippen LogP contribution in [0.5, 0.6) is 0 Å². The first-order valence-electron chi connectivity index (χ1n) is 6.19. The average Bonchev–Trinajstić information content (AvgIpc) is 2.71. The summed E-state index contributed by atoms with van der Waals surface area (Å²) in [5.41, 5.74) is 0. The van der Waals surface area contributed by atoms with Crippen LogP contribution >= 0.6 is 11.3 Å². The lowest BCUT2D eigenvalue weighted by Crippen LogP contribution is -2.26. The minimum absolute atomic E-state index is 0.175. The van der Waals surface area contributed by atoms with Gasteiger partial charge in [0.05, 0.1) is 0 Å². The van der Waals surface area contributed by atoms with E-state index in [-0.39, 0.29) is 5.91 Å². The quantitative estimate of drug-likeness (QED) is 0.698. The predicted octanol–water partition coefficient (Wildman–Crippen LogP) is 2.10. The third-order valence-corrected chi connectivity index (χ3v) is 3.61. The standard InChI is InChI=1S/C13H22N2OS/c1-11-7-8-12(17-11)5-3-6-13(16)15-10-4-9-14-2/h7-8,14H,3-6,9-10H2,1-2H3,(H,15,16). The highest BCUT2D eigenvalue weighted by atomic mass is 32.1. The Balaban J connectivity index is 2.04. The Hall–Kier alpha value is -0.870. The molecule has 0 unspecified atom stereocenters. The minimum Gasteiger partial charge on any atom is -0.356 e. The van der Waals surface area contributed by atoms with Crippen molar-refractivity contribution in [2.75, 3.05) is 20.1 Å². The zero-order valence-electron chi connectivity index (χ0n) is 10.7. The Morgan fingerprint density at radius 2 is 2.12 bits per heavy atom. The van der Waals surface area contributed by atoms with E-state index in [2.05, 4.69) is 29.7 Å². The number of nitrogens with one attached hydrogen (secondary N) is 2. The van der Waals surface area contributed by atoms with Crippen LogP contribution < -0.4 is 10.6 Å². The van der Waals surface area contributed by atoms with E-state index < -0.39 is 0 Å². The van der Waals surface area contributed by atoms with Gasteiger partial charge >= 0.3 is 0 Å². The average molecular weight is 254 g/mol. The lowest BCUT2D eigenvalue weighted by molar-refractivity contribution is -0.121. The van der Waals surface area contributed by atoms with Crippen LogP contribution in [0.1, 0.15) is 29.0 Å². The number of carbonyl (C=O) groups excluding carboxylic acids is 1. The molecule has 1 amide bonds. The molecule has 3 nitrogen and oxygen atoms in total. The van der Waals surface area contributed by atoms with E-state index in [9.17, 15) is 4.79 Å². The number of carbonyl (C=O) groups is 1. The van der Waals surface area contributed by atoms with Crippen LogP contribution in [0.4, 0.5) is 0 Å². The summed E-state index contributed by atoms with van der Waals surface area (Å²) in [5, 5.41) is 5.99. The molecule has 0 bridgehead atoms. The van der Waals surface area contributed by atoms with Crippen molar-refractivity contribution >= 4 is 17.2 Å². The molecule has 0 aliphatic rings. The number of rotatable bonds is 8. The van der Waals surface area contributed by atoms with Gasteiger partial charge in [-0.1, -0.05) is 0 Å². The Morgan fingerprint density at radius 1 is 1.29 bits per heavy atom. The highest BCUT2D eigenvalue weighted by Crippen LogP contribution is 2.17. The van der Waals surface area contributed by atoms with Crippen LogP contribution in [0.3, 0.4) is 0 Å². The maximum absolute atomic E-state index is 11.5. The summed E-state index contributed by atoms with van der Waals surface area (Å²) in [6, 6.07) is 4.29. The van der Waals surface area contributed by atoms with Crippen molar-refractivity contribution in [3.05, 3.63) is 21.9 Å². The number of hydrogen-bond acceptors (Lipinski definition) is 3. The molecule has 0 atom stereocenters. The molecule has 0 radical (unpaired) electrons. The van der Waals surface area contributed by atoms with Crippen LogP contribution in [0.15, 0.2) is 12.1 Å². The molecular formula is C13H22N2OS. The van der Waals surface area contributed by atoms with Crippen molar-refractivity contribution in [1.82, 2.24) is 10.6 Å². The van der Waals surface area contributed by atoms with Crippen molar-refractivity contribution in [3.8, 4) is 0 Å². The second-order valence-corrected chi connectivity index (χ2v) is 5.55. The molecule has 0 aromatic carbocycles. The molecule has 4 heteroatoms. The lowest BCUT2D eigenvalue weighted by Gasteiger charge is -2.04. The molecule has 1 rings (SSSR count). The van der Waals surface area contributed by atoms with Crippen molar-refractivity contribution in [2.45, 2.75) is 32.6 Å². The Morgan fingerprint density at radius 3 is 2.76 bits per heavy atom. The van der Waals surface area contributed by atoms with E-state index in [1.165, 1.54) is 9.75 Å². The van der Waals surface area contributed by atoms with Crippen molar-refractivity contribution in [1.29, 1.82) is 0 Å². The van der Waals surface area contributed by atoms with Crippen LogP contribution in [0.25, 0.3) is 0 Å². The van der Waals surface area contributed by atoms with Gasteiger partial charge in [-0.2, -0.15) is 0 Å². The van der Waals surface area contributed by atoms with E-state index in [0.29, 0.717) is 6.42 Å². The van der Waals surface area contributed by atoms with Gasteiger partial charge in [-0.15, -0.1) is 11.3 Å². The van der Waals surface area contributed by atoms with Gasteiger partial charge in [-0.05, 0) is 51.9 Å². The summed E-state index contributed by atoms with van der Waals surface area (Å²) in [5.74, 6) is 0.175. The zero-order chi connectivity index (χ0) is 12.5. The minimum atomic E-state index is 0.175. The van der Waals surface area contributed by atoms with E-state index in [1.807, 2.05) is 18.4 Å². The number of amides is 1. The number of hydrogen-bond donors (Lipinski definition) is 2. The second kappa shape index (κ2) is 8.25. The molecular weight excluding hydrogens is 232 g/mol. The van der Waals surface area contributed by atoms with Crippen LogP contribution in [-0.4, -0.2) is 26.0 Å². The molecule has 0 aliphatic heterocycles. The Bertz CT molecular complexity index is 336. The molecule has 0 saturated carbocycles. The molecule has 96 valence electrons. The van der Waals surface area contributed by atoms with E-state index in [1.54, 1.807) is 0 Å². The normalized spacial score (nSPS) is 10.5. The number of aryl methyl sites for hydroxylation is 2. The fourth-order valence-electron chi connectivity index (χ4n) is 1.62. The maximum atomic E-state index is 11.5. The van der Waals surface area contributed by atoms with Gasteiger partial charge in [0.2, 0.25) is 5.91 Å². The Labute approximate surface area is 108 Å². The molecule has 1 heterocycles. The smallest absolute Gasteiger partial charge is 0.220 e. The molecule has 0 saturated heterocycles. The van der Waals surface area contributed by atoms with Crippen LogP contribution in [0, 0.1) is 6.92 Å². The highest BCUT2D eigenvalue weighted by molar-refractivity contribution is 7.11. The third-order valence-electron chi connectivity index (χ3n) is 2.55. The van der Waals surface area contributed by atoms with Crippen molar-refractivity contribution in [3.63, 3.8) is 0 Å². The van der Waals surface area contributed by atoms with Crippen LogP contribution in [-0.2, 0) is 11.2 Å². The van der Waals surface area contributed by atoms with Crippen LogP contribution in [0.2, 0.25) is 0 Å². The largest absolute Gasteiger partial charge is 0.356 e. The van der Waals surface area contributed by atoms with Crippen molar-refractivity contribution in [2.24, 2.45) is 0 Å². The summed E-state index contributed by atoms with van der Waals surface area (Å²) in [4.78, 5) is 14.2. The SMILES string of the molecule is CNCCCNC(=O)CCCc1ccc(C)s1. The maximum Gasteiger partial charge on any atom is 0.220 e.